The average Bonchev–Trinajstić information content (AvgIpc) is 3.04. The maximum atomic E-state index is 12.2. The molecule has 1 aliphatic carbocycles. The predicted molar refractivity (Wildman–Crippen MR) is 82.4 cm³/mol. The lowest BCUT2D eigenvalue weighted by Gasteiger charge is -2.13. The predicted octanol–water partition coefficient (Wildman–Crippen LogP) is 1.77. The number of hydrogen-bond acceptors (Lipinski definition) is 4. The highest BCUT2D eigenvalue weighted by Crippen LogP contribution is 2.25. The zero-order valence-corrected chi connectivity index (χ0v) is 12.3. The molecule has 22 heavy (non-hydrogen) atoms. The van der Waals surface area contributed by atoms with Crippen LogP contribution in [0.4, 0.5) is 0 Å². The van der Waals surface area contributed by atoms with Gasteiger partial charge in [-0.25, -0.2) is 0 Å². The van der Waals surface area contributed by atoms with Gasteiger partial charge in [0, 0.05) is 43.4 Å². The van der Waals surface area contributed by atoms with Crippen molar-refractivity contribution in [3.8, 4) is 0 Å². The van der Waals surface area contributed by atoms with Crippen molar-refractivity contribution in [2.75, 3.05) is 19.6 Å². The molecule has 1 aliphatic heterocycles. The second kappa shape index (κ2) is 6.22. The third kappa shape index (κ3) is 2.71. The number of fused-ring (bicyclic) bond motifs is 1. The van der Waals surface area contributed by atoms with Crippen LogP contribution in [0.1, 0.15) is 40.0 Å². The van der Waals surface area contributed by atoms with Gasteiger partial charge in [0.05, 0.1) is 0 Å². The van der Waals surface area contributed by atoms with E-state index in [1.807, 2.05) is 4.90 Å². The zero-order valence-electron chi connectivity index (χ0n) is 12.3. The van der Waals surface area contributed by atoms with Crippen LogP contribution in [0.5, 0.6) is 0 Å². The summed E-state index contributed by atoms with van der Waals surface area (Å²) < 4.78 is 0. The Labute approximate surface area is 129 Å². The van der Waals surface area contributed by atoms with Crippen LogP contribution in [0.25, 0.3) is 0 Å². The fraction of sp³-hybridized carbons (Fsp3) is 0.412. The average molecular weight is 298 g/mol. The van der Waals surface area contributed by atoms with Crippen molar-refractivity contribution in [1.29, 1.82) is 0 Å². The molecular weight excluding hydrogens is 280 g/mol. The molecular formula is C17H18N2O3. The van der Waals surface area contributed by atoms with Gasteiger partial charge >= 0.3 is 0 Å². The first-order chi connectivity index (χ1) is 10.7. The van der Waals surface area contributed by atoms with E-state index in [9.17, 15) is 14.4 Å². The van der Waals surface area contributed by atoms with Crippen LogP contribution >= 0.6 is 0 Å². The molecule has 0 unspecified atom stereocenters. The van der Waals surface area contributed by atoms with Crippen molar-refractivity contribution in [2.45, 2.75) is 19.3 Å². The van der Waals surface area contributed by atoms with Gasteiger partial charge in [-0.3, -0.25) is 19.4 Å². The van der Waals surface area contributed by atoms with Crippen molar-refractivity contribution in [3.05, 3.63) is 35.4 Å². The van der Waals surface area contributed by atoms with E-state index in [-0.39, 0.29) is 17.5 Å². The first-order valence-electron chi connectivity index (χ1n) is 7.63. The molecule has 0 aromatic heterocycles. The van der Waals surface area contributed by atoms with Crippen LogP contribution in [0.3, 0.4) is 0 Å². The van der Waals surface area contributed by atoms with E-state index in [0.717, 1.165) is 19.4 Å². The van der Waals surface area contributed by atoms with Gasteiger partial charge in [-0.15, -0.1) is 0 Å². The molecule has 0 radical (unpaired) electrons. The second-order valence-electron chi connectivity index (χ2n) is 5.64. The topological polar surface area (TPSA) is 66.8 Å². The molecule has 3 rings (SSSR count). The van der Waals surface area contributed by atoms with Crippen molar-refractivity contribution in [3.63, 3.8) is 0 Å². The molecule has 1 saturated heterocycles. The molecule has 1 heterocycles. The molecule has 0 bridgehead atoms. The number of carbonyl (C=O) groups is 3. The highest BCUT2D eigenvalue weighted by molar-refractivity contribution is 6.33. The van der Waals surface area contributed by atoms with E-state index in [4.69, 9.17) is 0 Å². The summed E-state index contributed by atoms with van der Waals surface area (Å²) in [5.74, 6) is -0.899. The van der Waals surface area contributed by atoms with Crippen molar-refractivity contribution in [2.24, 2.45) is 10.9 Å². The van der Waals surface area contributed by atoms with Gasteiger partial charge in [-0.2, -0.15) is 0 Å². The van der Waals surface area contributed by atoms with Crippen LogP contribution < -0.4 is 0 Å². The number of ketones is 2. The van der Waals surface area contributed by atoms with E-state index in [2.05, 4.69) is 4.99 Å². The maximum Gasteiger partial charge on any atom is 0.222 e. The van der Waals surface area contributed by atoms with Gasteiger partial charge in [0.25, 0.3) is 0 Å². The Hall–Kier alpha value is -2.30. The minimum absolute atomic E-state index is 0.168. The molecule has 5 heteroatoms. The summed E-state index contributed by atoms with van der Waals surface area (Å²) in [5.41, 5.74) is 0.984. The summed E-state index contributed by atoms with van der Waals surface area (Å²) in [5, 5.41) is 0. The Balaban J connectivity index is 1.52. The lowest BCUT2D eigenvalue weighted by molar-refractivity contribution is -0.127. The first kappa shape index (κ1) is 14.6. The van der Waals surface area contributed by atoms with Gasteiger partial charge in [-0.05, 0) is 12.8 Å². The summed E-state index contributed by atoms with van der Waals surface area (Å²) in [4.78, 5) is 41.8. The zero-order chi connectivity index (χ0) is 15.5. The van der Waals surface area contributed by atoms with Crippen LogP contribution in [-0.4, -0.2) is 48.2 Å². The van der Waals surface area contributed by atoms with Crippen LogP contribution in [-0.2, 0) is 4.79 Å². The molecule has 2 aliphatic rings. The molecule has 0 N–H and O–H groups in total. The minimum Gasteiger partial charge on any atom is -0.343 e. The number of rotatable bonds is 5. The fourth-order valence-corrected chi connectivity index (χ4v) is 2.98. The van der Waals surface area contributed by atoms with E-state index in [1.54, 1.807) is 24.3 Å². The van der Waals surface area contributed by atoms with E-state index < -0.39 is 5.92 Å². The van der Waals surface area contributed by atoms with Gasteiger partial charge < -0.3 is 4.90 Å². The SMILES string of the molecule is O=C1c2ccccc2C(=O)C1C=NCCCN1CCCC1=O. The summed E-state index contributed by atoms with van der Waals surface area (Å²) in [6.07, 6.45) is 3.80. The number of carbonyl (C=O) groups excluding carboxylic acids is 3. The van der Waals surface area contributed by atoms with E-state index in [0.29, 0.717) is 30.6 Å². The Morgan fingerprint density at radius 1 is 1.14 bits per heavy atom. The normalized spacial score (nSPS) is 18.7. The minimum atomic E-state index is -0.772. The molecule has 0 saturated carbocycles. The second-order valence-corrected chi connectivity index (χ2v) is 5.64. The Morgan fingerprint density at radius 2 is 1.82 bits per heavy atom. The molecule has 114 valence electrons. The maximum absolute atomic E-state index is 12.2. The van der Waals surface area contributed by atoms with Gasteiger partial charge in [0.2, 0.25) is 5.91 Å². The molecule has 1 aromatic rings. The quantitative estimate of drug-likeness (QED) is 0.472. The number of aliphatic imine (C=N–C) groups is 1. The number of nitrogens with zero attached hydrogens (tertiary/aromatic N) is 2. The van der Waals surface area contributed by atoms with Crippen LogP contribution in [0.2, 0.25) is 0 Å². The lowest BCUT2D eigenvalue weighted by Crippen LogP contribution is -2.26. The first-order valence-corrected chi connectivity index (χ1v) is 7.63. The third-order valence-electron chi connectivity index (χ3n) is 4.16. The monoisotopic (exact) mass is 298 g/mol. The van der Waals surface area contributed by atoms with Crippen molar-refractivity contribution < 1.29 is 14.4 Å². The summed E-state index contributed by atoms with van der Waals surface area (Å²) in [6, 6.07) is 6.89. The van der Waals surface area contributed by atoms with Crippen LogP contribution in [0, 0.1) is 5.92 Å². The molecule has 1 aromatic carbocycles. The molecule has 0 spiro atoms. The van der Waals surface area contributed by atoms with Crippen molar-refractivity contribution in [1.82, 2.24) is 4.90 Å². The highest BCUT2D eigenvalue weighted by Gasteiger charge is 2.36. The van der Waals surface area contributed by atoms with Gasteiger partial charge in [0.15, 0.2) is 11.6 Å². The van der Waals surface area contributed by atoms with Gasteiger partial charge in [0.1, 0.15) is 5.92 Å². The number of likely N-dealkylation sites (tertiary alicyclic amines) is 1. The molecule has 1 amide bonds. The molecule has 1 fully saturated rings. The Bertz CT molecular complexity index is 616. The number of hydrogen-bond donors (Lipinski definition) is 0. The summed E-state index contributed by atoms with van der Waals surface area (Å²) in [7, 11) is 0. The largest absolute Gasteiger partial charge is 0.343 e. The standard InChI is InChI=1S/C17H18N2O3/c20-15-7-3-9-19(15)10-4-8-18-11-14-16(21)12-5-1-2-6-13(12)17(14)22/h1-2,5-6,11,14H,3-4,7-10H2. The fourth-order valence-electron chi connectivity index (χ4n) is 2.98. The lowest BCUT2D eigenvalue weighted by atomic mass is 10.1. The van der Waals surface area contributed by atoms with Crippen molar-refractivity contribution >= 4 is 23.7 Å². The number of Topliss-reactive ketones (excluding diaryl/α,β-unsaturated/α-hetero) is 2. The highest BCUT2D eigenvalue weighted by atomic mass is 16.2. The molecule has 0 atom stereocenters. The molecule has 5 nitrogen and oxygen atoms in total. The summed E-state index contributed by atoms with van der Waals surface area (Å²) in [6.45, 7) is 2.05. The number of amides is 1. The Morgan fingerprint density at radius 3 is 2.41 bits per heavy atom. The Kier molecular flexibility index (Phi) is 4.13. The van der Waals surface area contributed by atoms with Crippen LogP contribution in [0.15, 0.2) is 29.3 Å². The summed E-state index contributed by atoms with van der Waals surface area (Å²) >= 11 is 0. The number of benzene rings is 1. The van der Waals surface area contributed by atoms with Gasteiger partial charge in [-0.1, -0.05) is 24.3 Å². The van der Waals surface area contributed by atoms with E-state index >= 15 is 0 Å². The van der Waals surface area contributed by atoms with E-state index in [1.165, 1.54) is 6.21 Å². The smallest absolute Gasteiger partial charge is 0.222 e. The third-order valence-corrected chi connectivity index (χ3v) is 4.16.